The van der Waals surface area contributed by atoms with Crippen molar-refractivity contribution in [3.8, 4) is 5.75 Å². The third kappa shape index (κ3) is 5.48. The summed E-state index contributed by atoms with van der Waals surface area (Å²) in [5.41, 5.74) is 4.57. The number of ether oxygens (including phenoxy) is 1. The second kappa shape index (κ2) is 10.2. The van der Waals surface area contributed by atoms with Crippen molar-refractivity contribution < 1.29 is 17.9 Å². The van der Waals surface area contributed by atoms with Gasteiger partial charge in [0.1, 0.15) is 12.3 Å². The van der Waals surface area contributed by atoms with Crippen LogP contribution in [0.2, 0.25) is 5.02 Å². The number of anilines is 1. The van der Waals surface area contributed by atoms with Gasteiger partial charge in [-0.3, -0.25) is 9.10 Å². The molecule has 3 rings (SSSR count). The lowest BCUT2D eigenvalue weighted by molar-refractivity contribution is -0.119. The number of hydrogen-bond acceptors (Lipinski definition) is 6. The van der Waals surface area contributed by atoms with Crippen LogP contribution in [0.25, 0.3) is 0 Å². The topological polar surface area (TPSA) is 88.1 Å². The van der Waals surface area contributed by atoms with Crippen LogP contribution in [0.1, 0.15) is 16.0 Å². The molecule has 3 aromatic rings. The Morgan fingerprint density at radius 2 is 1.91 bits per heavy atom. The molecule has 0 atom stereocenters. The average molecular weight is 492 g/mol. The SMILES string of the molecule is COc1ccc(N(CC(=O)N/N=C\c2sccc2C)S(=O)(=O)c2ccc(C)cc2)cc1Cl. The van der Waals surface area contributed by atoms with E-state index < -0.39 is 22.5 Å². The number of carbonyl (C=O) groups excluding carboxylic acids is 1. The van der Waals surface area contributed by atoms with E-state index >= 15 is 0 Å². The quantitative estimate of drug-likeness (QED) is 0.374. The molecule has 0 aliphatic rings. The van der Waals surface area contributed by atoms with Crippen LogP contribution < -0.4 is 14.5 Å². The van der Waals surface area contributed by atoms with Gasteiger partial charge < -0.3 is 4.74 Å². The van der Waals surface area contributed by atoms with Gasteiger partial charge in [0.2, 0.25) is 0 Å². The minimum absolute atomic E-state index is 0.0561. The molecule has 0 aliphatic heterocycles. The Labute approximate surface area is 196 Å². The highest BCUT2D eigenvalue weighted by Gasteiger charge is 2.27. The third-order valence-electron chi connectivity index (χ3n) is 4.59. The summed E-state index contributed by atoms with van der Waals surface area (Å²) in [6.45, 7) is 3.31. The summed E-state index contributed by atoms with van der Waals surface area (Å²) >= 11 is 7.70. The number of halogens is 1. The highest BCUT2D eigenvalue weighted by Crippen LogP contribution is 2.32. The van der Waals surface area contributed by atoms with Crippen LogP contribution in [-0.2, 0) is 14.8 Å². The Hall–Kier alpha value is -2.88. The second-order valence-electron chi connectivity index (χ2n) is 6.90. The first-order valence-electron chi connectivity index (χ1n) is 9.51. The summed E-state index contributed by atoms with van der Waals surface area (Å²) in [5, 5.41) is 6.09. The molecule has 0 radical (unpaired) electrons. The minimum Gasteiger partial charge on any atom is -0.495 e. The second-order valence-corrected chi connectivity index (χ2v) is 10.1. The van der Waals surface area contributed by atoms with Crippen molar-refractivity contribution in [2.24, 2.45) is 5.10 Å². The maximum atomic E-state index is 13.4. The molecule has 7 nitrogen and oxygen atoms in total. The molecule has 32 heavy (non-hydrogen) atoms. The van der Waals surface area contributed by atoms with E-state index in [0.717, 1.165) is 20.3 Å². The first-order valence-corrected chi connectivity index (χ1v) is 12.2. The molecule has 0 spiro atoms. The van der Waals surface area contributed by atoms with E-state index in [-0.39, 0.29) is 15.6 Å². The van der Waals surface area contributed by atoms with Crippen molar-refractivity contribution in [2.75, 3.05) is 18.0 Å². The summed E-state index contributed by atoms with van der Waals surface area (Å²) in [6, 6.07) is 12.8. The molecule has 0 aliphatic carbocycles. The van der Waals surface area contributed by atoms with E-state index in [9.17, 15) is 13.2 Å². The van der Waals surface area contributed by atoms with Crippen LogP contribution >= 0.6 is 22.9 Å². The number of nitrogens with one attached hydrogen (secondary N) is 1. The fourth-order valence-corrected chi connectivity index (χ4v) is 5.26. The zero-order valence-corrected chi connectivity index (χ0v) is 20.1. The lowest BCUT2D eigenvalue weighted by atomic mass is 10.2. The molecule has 1 N–H and O–H groups in total. The number of rotatable bonds is 8. The van der Waals surface area contributed by atoms with Crippen LogP contribution in [0.4, 0.5) is 5.69 Å². The molecule has 0 unspecified atom stereocenters. The zero-order valence-electron chi connectivity index (χ0n) is 17.7. The van der Waals surface area contributed by atoms with E-state index in [2.05, 4.69) is 10.5 Å². The number of methoxy groups -OCH3 is 1. The smallest absolute Gasteiger partial charge is 0.264 e. The molecular weight excluding hydrogens is 470 g/mol. The van der Waals surface area contributed by atoms with Gasteiger partial charge in [0, 0.05) is 4.88 Å². The van der Waals surface area contributed by atoms with Crippen molar-refractivity contribution in [1.29, 1.82) is 0 Å². The van der Waals surface area contributed by atoms with E-state index in [1.807, 2.05) is 25.3 Å². The maximum absolute atomic E-state index is 13.4. The van der Waals surface area contributed by atoms with Crippen LogP contribution in [0.5, 0.6) is 5.75 Å². The van der Waals surface area contributed by atoms with Gasteiger partial charge in [-0.2, -0.15) is 5.10 Å². The molecule has 1 aromatic heterocycles. The lowest BCUT2D eigenvalue weighted by Gasteiger charge is -2.24. The van der Waals surface area contributed by atoms with Gasteiger partial charge in [0.05, 0.1) is 28.9 Å². The lowest BCUT2D eigenvalue weighted by Crippen LogP contribution is -2.39. The minimum atomic E-state index is -4.05. The number of benzene rings is 2. The number of sulfonamides is 1. The Kier molecular flexibility index (Phi) is 7.55. The van der Waals surface area contributed by atoms with E-state index in [0.29, 0.717) is 5.75 Å². The van der Waals surface area contributed by atoms with Crippen molar-refractivity contribution in [3.63, 3.8) is 0 Å². The summed E-state index contributed by atoms with van der Waals surface area (Å²) < 4.78 is 32.9. The third-order valence-corrected chi connectivity index (χ3v) is 7.63. The Morgan fingerprint density at radius 3 is 2.50 bits per heavy atom. The summed E-state index contributed by atoms with van der Waals surface area (Å²) in [4.78, 5) is 13.6. The summed E-state index contributed by atoms with van der Waals surface area (Å²) in [5.74, 6) is -0.207. The molecule has 10 heteroatoms. The Balaban J connectivity index is 1.90. The van der Waals surface area contributed by atoms with Gasteiger partial charge in [0.15, 0.2) is 0 Å². The molecular formula is C22H22ClN3O4S2. The standard InChI is InChI=1S/C22H22ClN3O4S2/c1-15-4-7-18(8-5-15)32(28,29)26(17-6-9-20(30-3)19(23)12-17)14-22(27)25-24-13-21-16(2)10-11-31-21/h4-13H,14H2,1-3H3,(H,25,27)/b24-13-. The van der Waals surface area contributed by atoms with Crippen LogP contribution in [0, 0.1) is 13.8 Å². The normalized spacial score (nSPS) is 11.5. The summed E-state index contributed by atoms with van der Waals surface area (Å²) in [7, 11) is -2.59. The molecule has 0 saturated heterocycles. The number of thiophene rings is 1. The number of aryl methyl sites for hydroxylation is 2. The van der Waals surface area contributed by atoms with Crippen molar-refractivity contribution in [3.05, 3.63) is 74.9 Å². The van der Waals surface area contributed by atoms with Gasteiger partial charge in [0.25, 0.3) is 15.9 Å². The molecule has 1 amide bonds. The van der Waals surface area contributed by atoms with Crippen LogP contribution in [-0.4, -0.2) is 34.2 Å². The Bertz CT molecular complexity index is 1240. The number of nitrogens with zero attached hydrogens (tertiary/aromatic N) is 2. The fraction of sp³-hybridized carbons (Fsp3) is 0.182. The molecule has 168 valence electrons. The first kappa shape index (κ1) is 23.8. The average Bonchev–Trinajstić information content (AvgIpc) is 3.17. The number of hydrogen-bond donors (Lipinski definition) is 1. The van der Waals surface area contributed by atoms with Crippen molar-refractivity contribution in [2.45, 2.75) is 18.7 Å². The van der Waals surface area contributed by atoms with Crippen molar-refractivity contribution >= 4 is 50.8 Å². The van der Waals surface area contributed by atoms with E-state index in [1.54, 1.807) is 18.2 Å². The van der Waals surface area contributed by atoms with Gasteiger partial charge in [-0.1, -0.05) is 29.3 Å². The van der Waals surface area contributed by atoms with E-state index in [4.69, 9.17) is 16.3 Å². The van der Waals surface area contributed by atoms with Gasteiger partial charge in [-0.15, -0.1) is 11.3 Å². The molecule has 1 heterocycles. The van der Waals surface area contributed by atoms with Gasteiger partial charge >= 0.3 is 0 Å². The number of amides is 1. The molecule has 0 fully saturated rings. The number of carbonyl (C=O) groups is 1. The van der Waals surface area contributed by atoms with Crippen LogP contribution in [0.15, 0.2) is 63.9 Å². The monoisotopic (exact) mass is 491 g/mol. The molecule has 0 bridgehead atoms. The zero-order chi connectivity index (χ0) is 23.3. The first-order chi connectivity index (χ1) is 15.2. The molecule has 0 saturated carbocycles. The largest absolute Gasteiger partial charge is 0.495 e. The van der Waals surface area contributed by atoms with Crippen LogP contribution in [0.3, 0.4) is 0 Å². The van der Waals surface area contributed by atoms with Gasteiger partial charge in [-0.25, -0.2) is 13.8 Å². The maximum Gasteiger partial charge on any atom is 0.264 e. The predicted molar refractivity (Wildman–Crippen MR) is 129 cm³/mol. The van der Waals surface area contributed by atoms with E-state index in [1.165, 1.54) is 48.9 Å². The predicted octanol–water partition coefficient (Wildman–Crippen LogP) is 4.37. The highest BCUT2D eigenvalue weighted by molar-refractivity contribution is 7.92. The fourth-order valence-electron chi connectivity index (χ4n) is 2.81. The molecule has 2 aromatic carbocycles. The summed E-state index contributed by atoms with van der Waals surface area (Å²) in [6.07, 6.45) is 1.53. The van der Waals surface area contributed by atoms with Crippen molar-refractivity contribution in [1.82, 2.24) is 5.43 Å². The number of hydrazone groups is 1. The highest BCUT2D eigenvalue weighted by atomic mass is 35.5. The van der Waals surface area contributed by atoms with Gasteiger partial charge in [-0.05, 0) is 61.2 Å². The Morgan fingerprint density at radius 1 is 1.19 bits per heavy atom.